The van der Waals surface area contributed by atoms with E-state index < -0.39 is 5.60 Å². The van der Waals surface area contributed by atoms with Crippen LogP contribution in [-0.2, 0) is 6.42 Å². The first-order chi connectivity index (χ1) is 13.6. The highest BCUT2D eigenvalue weighted by atomic mass is 16.3. The Bertz CT molecular complexity index is 764. The topological polar surface area (TPSA) is 43.8 Å². The van der Waals surface area contributed by atoms with Crippen molar-refractivity contribution in [1.82, 2.24) is 9.80 Å². The minimum Gasteiger partial charge on any atom is -0.390 e. The van der Waals surface area contributed by atoms with E-state index in [0.29, 0.717) is 29.8 Å². The number of hydrogen-bond acceptors (Lipinski definition) is 2. The van der Waals surface area contributed by atoms with Gasteiger partial charge in [0.15, 0.2) is 0 Å². The van der Waals surface area contributed by atoms with Crippen LogP contribution < -0.4 is 0 Å². The average molecular weight is 381 g/mol. The third-order valence-electron chi connectivity index (χ3n) is 8.81. The molecule has 2 aliphatic heterocycles. The Hall–Kier alpha value is -1.55. The molecule has 6 aliphatic rings. The molecule has 1 aromatic carbocycles. The summed E-state index contributed by atoms with van der Waals surface area (Å²) in [4.78, 5) is 18.0. The largest absolute Gasteiger partial charge is 0.390 e. The van der Waals surface area contributed by atoms with Crippen molar-refractivity contribution >= 4 is 6.03 Å². The highest BCUT2D eigenvalue weighted by Crippen LogP contribution is 2.58. The van der Waals surface area contributed by atoms with E-state index in [9.17, 15) is 9.90 Å². The van der Waals surface area contributed by atoms with Crippen LogP contribution in [0.4, 0.5) is 4.79 Å². The molecule has 150 valence electrons. The monoisotopic (exact) mass is 380 g/mol. The summed E-state index contributed by atoms with van der Waals surface area (Å²) in [6.45, 7) is 1.85. The van der Waals surface area contributed by atoms with Gasteiger partial charge >= 0.3 is 6.03 Å². The van der Waals surface area contributed by atoms with Crippen LogP contribution in [0.25, 0.3) is 0 Å². The minimum atomic E-state index is -0.420. The van der Waals surface area contributed by atoms with Gasteiger partial charge in [0.1, 0.15) is 0 Å². The average Bonchev–Trinajstić information content (AvgIpc) is 3.18. The molecule has 0 aromatic heterocycles. The molecule has 1 aromatic rings. The number of benzene rings is 1. The first-order valence-corrected chi connectivity index (χ1v) is 11.4. The zero-order valence-electron chi connectivity index (χ0n) is 16.7. The Balaban J connectivity index is 1.24. The molecule has 4 nitrogen and oxygen atoms in total. The van der Waals surface area contributed by atoms with E-state index in [4.69, 9.17) is 0 Å². The van der Waals surface area contributed by atoms with Crippen molar-refractivity contribution in [3.8, 4) is 0 Å². The Labute approximate surface area is 167 Å². The lowest BCUT2D eigenvalue weighted by Crippen LogP contribution is -2.62. The summed E-state index contributed by atoms with van der Waals surface area (Å²) >= 11 is 0. The molecule has 3 atom stereocenters. The number of aliphatic hydroxyl groups is 1. The fourth-order valence-electron chi connectivity index (χ4n) is 8.00. The summed E-state index contributed by atoms with van der Waals surface area (Å²) in [7, 11) is 0. The van der Waals surface area contributed by atoms with E-state index in [1.165, 1.54) is 18.4 Å². The fraction of sp³-hybridized carbons (Fsp3) is 0.708. The smallest absolute Gasteiger partial charge is 0.320 e. The first kappa shape index (κ1) is 17.3. The number of rotatable bonds is 4. The Morgan fingerprint density at radius 1 is 1.07 bits per heavy atom. The zero-order chi connectivity index (χ0) is 18.9. The van der Waals surface area contributed by atoms with Crippen molar-refractivity contribution in [3.05, 3.63) is 35.9 Å². The summed E-state index contributed by atoms with van der Waals surface area (Å²) in [6.07, 6.45) is 9.73. The molecule has 28 heavy (non-hydrogen) atoms. The lowest BCUT2D eigenvalue weighted by Gasteiger charge is -2.59. The molecule has 4 bridgehead atoms. The van der Waals surface area contributed by atoms with E-state index in [1.807, 2.05) is 0 Å². The summed E-state index contributed by atoms with van der Waals surface area (Å²) < 4.78 is 0. The lowest BCUT2D eigenvalue weighted by atomic mass is 9.52. The van der Waals surface area contributed by atoms with Crippen molar-refractivity contribution in [3.63, 3.8) is 0 Å². The second kappa shape index (κ2) is 5.98. The fourth-order valence-corrected chi connectivity index (χ4v) is 8.00. The van der Waals surface area contributed by atoms with Crippen LogP contribution >= 0.6 is 0 Å². The number of amides is 2. The van der Waals surface area contributed by atoms with Crippen molar-refractivity contribution in [2.45, 2.75) is 75.0 Å². The molecule has 2 amide bonds. The molecule has 4 aliphatic carbocycles. The third kappa shape index (κ3) is 2.49. The number of hydrogen-bond donors (Lipinski definition) is 1. The van der Waals surface area contributed by atoms with Crippen LogP contribution in [0.15, 0.2) is 30.3 Å². The highest BCUT2D eigenvalue weighted by molar-refractivity contribution is 5.79. The normalized spacial score (nSPS) is 43.8. The first-order valence-electron chi connectivity index (χ1n) is 11.4. The third-order valence-corrected chi connectivity index (χ3v) is 8.81. The number of nitrogens with zero attached hydrogens (tertiary/aromatic N) is 2. The SMILES string of the molecule is O=C1N(C2C3CC4CC2CC(O)(C4)C3)CC2(CCc3ccccc3)CCCN12. The maximum Gasteiger partial charge on any atom is 0.320 e. The van der Waals surface area contributed by atoms with Crippen LogP contribution in [0.5, 0.6) is 0 Å². The van der Waals surface area contributed by atoms with Gasteiger partial charge in [-0.1, -0.05) is 30.3 Å². The summed E-state index contributed by atoms with van der Waals surface area (Å²) in [6, 6.07) is 11.4. The number of urea groups is 1. The van der Waals surface area contributed by atoms with Gasteiger partial charge in [0.2, 0.25) is 0 Å². The number of fused-ring (bicyclic) bond motifs is 1. The second-order valence-corrected chi connectivity index (χ2v) is 10.6. The molecule has 6 fully saturated rings. The van der Waals surface area contributed by atoms with Crippen LogP contribution in [0.1, 0.15) is 56.9 Å². The number of carbonyl (C=O) groups excluding carboxylic acids is 1. The molecule has 2 saturated heterocycles. The van der Waals surface area contributed by atoms with Gasteiger partial charge in [-0.2, -0.15) is 0 Å². The van der Waals surface area contributed by atoms with Crippen molar-refractivity contribution in [2.24, 2.45) is 17.8 Å². The molecule has 1 N–H and O–H groups in total. The molecular weight excluding hydrogens is 348 g/mol. The number of aryl methyl sites for hydroxylation is 1. The zero-order valence-corrected chi connectivity index (χ0v) is 16.7. The molecule has 7 rings (SSSR count). The molecule has 3 unspecified atom stereocenters. The van der Waals surface area contributed by atoms with Crippen molar-refractivity contribution in [2.75, 3.05) is 13.1 Å². The van der Waals surface area contributed by atoms with Gasteiger partial charge in [-0.15, -0.1) is 0 Å². The van der Waals surface area contributed by atoms with E-state index in [-0.39, 0.29) is 5.54 Å². The highest BCUT2D eigenvalue weighted by Gasteiger charge is 2.61. The van der Waals surface area contributed by atoms with E-state index in [1.54, 1.807) is 0 Å². The van der Waals surface area contributed by atoms with E-state index >= 15 is 0 Å². The van der Waals surface area contributed by atoms with E-state index in [2.05, 4.69) is 40.1 Å². The molecular formula is C24H32N2O2. The van der Waals surface area contributed by atoms with Crippen LogP contribution in [-0.4, -0.2) is 51.2 Å². The molecule has 0 spiro atoms. The van der Waals surface area contributed by atoms with Gasteiger partial charge in [0.05, 0.1) is 11.1 Å². The predicted molar refractivity (Wildman–Crippen MR) is 108 cm³/mol. The molecule has 0 radical (unpaired) electrons. The summed E-state index contributed by atoms with van der Waals surface area (Å²) in [5.74, 6) is 1.74. The predicted octanol–water partition coefficient (Wildman–Crippen LogP) is 3.83. The molecule has 4 heteroatoms. The minimum absolute atomic E-state index is 0.0402. The second-order valence-electron chi connectivity index (χ2n) is 10.6. The Morgan fingerprint density at radius 3 is 2.54 bits per heavy atom. The summed E-state index contributed by atoms with van der Waals surface area (Å²) in [5.41, 5.74) is 1.00. The molecule has 2 heterocycles. The Morgan fingerprint density at radius 2 is 1.82 bits per heavy atom. The van der Waals surface area contributed by atoms with Gasteiger partial charge in [-0.3, -0.25) is 0 Å². The van der Waals surface area contributed by atoms with Crippen LogP contribution in [0.3, 0.4) is 0 Å². The van der Waals surface area contributed by atoms with Crippen molar-refractivity contribution in [1.29, 1.82) is 0 Å². The standard InChI is InChI=1S/C24H32N2O2/c27-22-25(21-19-11-18-12-20(21)15-24(28,13-18)14-19)16-23(8-4-10-26(22)23)9-7-17-5-2-1-3-6-17/h1-3,5-6,18-21,28H,4,7-16H2. The molecule has 4 saturated carbocycles. The van der Waals surface area contributed by atoms with Crippen molar-refractivity contribution < 1.29 is 9.90 Å². The van der Waals surface area contributed by atoms with Gasteiger partial charge in [0.25, 0.3) is 0 Å². The lowest BCUT2D eigenvalue weighted by molar-refractivity contribution is -0.152. The van der Waals surface area contributed by atoms with Crippen LogP contribution in [0, 0.1) is 17.8 Å². The van der Waals surface area contributed by atoms with E-state index in [0.717, 1.165) is 58.0 Å². The van der Waals surface area contributed by atoms with Gasteiger partial charge in [0, 0.05) is 19.1 Å². The number of carbonyl (C=O) groups is 1. The van der Waals surface area contributed by atoms with Crippen LogP contribution in [0.2, 0.25) is 0 Å². The van der Waals surface area contributed by atoms with Gasteiger partial charge in [-0.25, -0.2) is 4.79 Å². The van der Waals surface area contributed by atoms with Gasteiger partial charge in [-0.05, 0) is 81.1 Å². The summed E-state index contributed by atoms with van der Waals surface area (Å²) in [5, 5.41) is 10.9. The Kier molecular flexibility index (Phi) is 3.70. The quantitative estimate of drug-likeness (QED) is 0.863. The maximum atomic E-state index is 13.5. The van der Waals surface area contributed by atoms with Gasteiger partial charge < -0.3 is 14.9 Å². The maximum absolute atomic E-state index is 13.5.